The van der Waals surface area contributed by atoms with Gasteiger partial charge in [-0.3, -0.25) is 0 Å². The standard InChI is InChI=1S/C11H16BNO5S/c1-18-11-4-3-9(7-10(11)12(14)15)8-13-5-2-6-19(13,16)17/h3-4,7,14-15H,2,5-6,8H2,1H3. The van der Waals surface area contributed by atoms with Gasteiger partial charge in [-0.15, -0.1) is 0 Å². The molecule has 0 saturated carbocycles. The molecular formula is C11H16BNO5S. The summed E-state index contributed by atoms with van der Waals surface area (Å²) in [6.07, 6.45) is 0.633. The summed E-state index contributed by atoms with van der Waals surface area (Å²) < 4.78 is 29.8. The molecule has 0 unspecified atom stereocenters. The van der Waals surface area contributed by atoms with E-state index in [9.17, 15) is 18.5 Å². The molecule has 1 aliphatic rings. The van der Waals surface area contributed by atoms with Crippen molar-refractivity contribution >= 4 is 22.6 Å². The first-order valence-corrected chi connectivity index (χ1v) is 7.56. The topological polar surface area (TPSA) is 87.1 Å². The Morgan fingerprint density at radius 1 is 1.42 bits per heavy atom. The molecule has 0 aliphatic carbocycles. The highest BCUT2D eigenvalue weighted by molar-refractivity contribution is 7.89. The van der Waals surface area contributed by atoms with Crippen LogP contribution in [0.25, 0.3) is 0 Å². The van der Waals surface area contributed by atoms with E-state index in [2.05, 4.69) is 0 Å². The van der Waals surface area contributed by atoms with Gasteiger partial charge in [0, 0.05) is 18.6 Å². The highest BCUT2D eigenvalue weighted by Gasteiger charge is 2.28. The fourth-order valence-electron chi connectivity index (χ4n) is 2.16. The Balaban J connectivity index is 2.24. The van der Waals surface area contributed by atoms with E-state index in [4.69, 9.17) is 4.74 Å². The third kappa shape index (κ3) is 3.09. The van der Waals surface area contributed by atoms with Gasteiger partial charge in [0.1, 0.15) is 5.75 Å². The molecule has 0 radical (unpaired) electrons. The van der Waals surface area contributed by atoms with Crippen LogP contribution in [0, 0.1) is 0 Å². The summed E-state index contributed by atoms with van der Waals surface area (Å²) in [4.78, 5) is 0. The molecule has 0 bridgehead atoms. The van der Waals surface area contributed by atoms with E-state index in [0.717, 1.165) is 0 Å². The van der Waals surface area contributed by atoms with E-state index < -0.39 is 17.1 Å². The molecule has 1 aromatic rings. The van der Waals surface area contributed by atoms with E-state index in [1.165, 1.54) is 11.4 Å². The number of nitrogens with zero attached hydrogens (tertiary/aromatic N) is 1. The number of rotatable bonds is 4. The summed E-state index contributed by atoms with van der Waals surface area (Å²) in [5, 5.41) is 18.5. The highest BCUT2D eigenvalue weighted by atomic mass is 32.2. The fourth-order valence-corrected chi connectivity index (χ4v) is 3.66. The molecule has 19 heavy (non-hydrogen) atoms. The van der Waals surface area contributed by atoms with Crippen molar-refractivity contribution in [3.8, 4) is 5.75 Å². The molecule has 1 aliphatic heterocycles. The van der Waals surface area contributed by atoms with E-state index >= 15 is 0 Å². The van der Waals surface area contributed by atoms with E-state index in [1.54, 1.807) is 18.2 Å². The molecule has 1 heterocycles. The Kier molecular flexibility index (Phi) is 4.15. The Bertz CT molecular complexity index is 560. The molecule has 0 spiro atoms. The first-order chi connectivity index (χ1) is 8.94. The van der Waals surface area contributed by atoms with Crippen LogP contribution in [0.3, 0.4) is 0 Å². The summed E-state index contributed by atoms with van der Waals surface area (Å²) in [5.74, 6) is 0.543. The normalized spacial score (nSPS) is 18.5. The van der Waals surface area contributed by atoms with Gasteiger partial charge in [0.15, 0.2) is 0 Å². The van der Waals surface area contributed by atoms with Crippen molar-refractivity contribution < 1.29 is 23.2 Å². The van der Waals surface area contributed by atoms with Crippen molar-refractivity contribution in [2.45, 2.75) is 13.0 Å². The van der Waals surface area contributed by atoms with Gasteiger partial charge >= 0.3 is 7.12 Å². The monoisotopic (exact) mass is 285 g/mol. The molecule has 0 atom stereocenters. The van der Waals surface area contributed by atoms with Crippen molar-refractivity contribution in [2.75, 3.05) is 19.4 Å². The molecule has 0 amide bonds. The van der Waals surface area contributed by atoms with Gasteiger partial charge < -0.3 is 14.8 Å². The second-order valence-corrected chi connectivity index (χ2v) is 6.54. The van der Waals surface area contributed by atoms with E-state index in [-0.39, 0.29) is 17.8 Å². The van der Waals surface area contributed by atoms with Crippen molar-refractivity contribution in [1.29, 1.82) is 0 Å². The fraction of sp³-hybridized carbons (Fsp3) is 0.455. The number of ether oxygens (including phenoxy) is 1. The first kappa shape index (κ1) is 14.3. The second kappa shape index (κ2) is 5.50. The highest BCUT2D eigenvalue weighted by Crippen LogP contribution is 2.18. The Hall–Kier alpha value is -1.09. The molecule has 6 nitrogen and oxygen atoms in total. The summed E-state index contributed by atoms with van der Waals surface area (Å²) in [6.45, 7) is 0.747. The summed E-state index contributed by atoms with van der Waals surface area (Å²) in [5.41, 5.74) is 0.936. The van der Waals surface area contributed by atoms with Crippen LogP contribution >= 0.6 is 0 Å². The van der Waals surface area contributed by atoms with Crippen molar-refractivity contribution in [3.05, 3.63) is 23.8 Å². The summed E-state index contributed by atoms with van der Waals surface area (Å²) >= 11 is 0. The SMILES string of the molecule is COc1ccc(CN2CCCS2(=O)=O)cc1B(O)O. The van der Waals surface area contributed by atoms with Crippen LogP contribution in [-0.4, -0.2) is 49.3 Å². The van der Waals surface area contributed by atoms with Crippen LogP contribution in [0.5, 0.6) is 5.75 Å². The van der Waals surface area contributed by atoms with Crippen LogP contribution in [0.4, 0.5) is 0 Å². The van der Waals surface area contributed by atoms with Gasteiger partial charge in [-0.05, 0) is 18.1 Å². The smallest absolute Gasteiger partial charge is 0.492 e. The minimum atomic E-state index is -3.16. The predicted octanol–water partition coefficient (Wildman–Crippen LogP) is -1.09. The lowest BCUT2D eigenvalue weighted by Crippen LogP contribution is -2.32. The zero-order valence-corrected chi connectivity index (χ0v) is 11.4. The van der Waals surface area contributed by atoms with Gasteiger partial charge in [-0.25, -0.2) is 8.42 Å². The molecule has 2 rings (SSSR count). The van der Waals surface area contributed by atoms with Crippen LogP contribution in [0.1, 0.15) is 12.0 Å². The molecular weight excluding hydrogens is 269 g/mol. The molecule has 1 saturated heterocycles. The maximum absolute atomic E-state index is 11.7. The number of hydrogen-bond donors (Lipinski definition) is 2. The molecule has 8 heteroatoms. The Labute approximate surface area is 112 Å². The number of sulfonamides is 1. The van der Waals surface area contributed by atoms with Gasteiger partial charge in [-0.2, -0.15) is 4.31 Å². The number of methoxy groups -OCH3 is 1. The van der Waals surface area contributed by atoms with Gasteiger partial charge in [-0.1, -0.05) is 12.1 Å². The summed E-state index contributed by atoms with van der Waals surface area (Å²) in [7, 11) is -3.37. The second-order valence-electron chi connectivity index (χ2n) is 4.45. The molecule has 104 valence electrons. The number of hydrogen-bond acceptors (Lipinski definition) is 5. The lowest BCUT2D eigenvalue weighted by Gasteiger charge is -2.16. The quantitative estimate of drug-likeness (QED) is 0.686. The molecule has 1 aromatic carbocycles. The van der Waals surface area contributed by atoms with Gasteiger partial charge in [0.05, 0.1) is 12.9 Å². The van der Waals surface area contributed by atoms with Crippen molar-refractivity contribution in [3.63, 3.8) is 0 Å². The largest absolute Gasteiger partial charge is 0.497 e. The third-order valence-electron chi connectivity index (χ3n) is 3.13. The minimum Gasteiger partial charge on any atom is -0.497 e. The average Bonchev–Trinajstić information content (AvgIpc) is 2.68. The van der Waals surface area contributed by atoms with E-state index in [0.29, 0.717) is 24.3 Å². The number of benzene rings is 1. The Morgan fingerprint density at radius 2 is 2.16 bits per heavy atom. The molecule has 1 fully saturated rings. The zero-order chi connectivity index (χ0) is 14.0. The maximum atomic E-state index is 11.7. The lowest BCUT2D eigenvalue weighted by atomic mass is 9.78. The molecule has 2 N–H and O–H groups in total. The van der Waals surface area contributed by atoms with Crippen LogP contribution in [0.15, 0.2) is 18.2 Å². The van der Waals surface area contributed by atoms with E-state index in [1.807, 2.05) is 0 Å². The third-order valence-corrected chi connectivity index (χ3v) is 5.04. The average molecular weight is 285 g/mol. The van der Waals surface area contributed by atoms with Gasteiger partial charge in [0.2, 0.25) is 10.0 Å². The zero-order valence-electron chi connectivity index (χ0n) is 10.6. The maximum Gasteiger partial charge on any atom is 0.492 e. The first-order valence-electron chi connectivity index (χ1n) is 5.95. The lowest BCUT2D eigenvalue weighted by molar-refractivity contribution is 0.402. The molecule has 0 aromatic heterocycles. The summed E-state index contributed by atoms with van der Waals surface area (Å²) in [6, 6.07) is 4.88. The van der Waals surface area contributed by atoms with Gasteiger partial charge in [0.25, 0.3) is 0 Å². The van der Waals surface area contributed by atoms with Crippen molar-refractivity contribution in [1.82, 2.24) is 4.31 Å². The van der Waals surface area contributed by atoms with Crippen LogP contribution in [0.2, 0.25) is 0 Å². The van der Waals surface area contributed by atoms with Crippen molar-refractivity contribution in [2.24, 2.45) is 0 Å². The Morgan fingerprint density at radius 3 is 2.68 bits per heavy atom. The minimum absolute atomic E-state index is 0.179. The van der Waals surface area contributed by atoms with Crippen LogP contribution in [-0.2, 0) is 16.6 Å². The van der Waals surface area contributed by atoms with Crippen LogP contribution < -0.4 is 10.2 Å². The predicted molar refractivity (Wildman–Crippen MR) is 71.6 cm³/mol.